The molecule has 19 heavy (non-hydrogen) atoms. The lowest BCUT2D eigenvalue weighted by atomic mass is 9.88. The number of H-pyrrole nitrogens is 1. The molecule has 0 spiro atoms. The van der Waals surface area contributed by atoms with Crippen molar-refractivity contribution in [1.82, 2.24) is 4.98 Å². The van der Waals surface area contributed by atoms with Gasteiger partial charge >= 0.3 is 0 Å². The lowest BCUT2D eigenvalue weighted by Crippen LogP contribution is -2.15. The van der Waals surface area contributed by atoms with Crippen molar-refractivity contribution >= 4 is 29.3 Å². The predicted molar refractivity (Wildman–Crippen MR) is 76.9 cm³/mol. The highest BCUT2D eigenvalue weighted by Crippen LogP contribution is 2.36. The van der Waals surface area contributed by atoms with E-state index >= 15 is 0 Å². The number of Topliss-reactive ketones (excluding diaryl/α,β-unsaturated/α-hetero) is 1. The summed E-state index contributed by atoms with van der Waals surface area (Å²) in [4.78, 5) is 16.2. The van der Waals surface area contributed by atoms with E-state index in [9.17, 15) is 10.1 Å². The fraction of sp³-hybridized carbons (Fsp3) is 0.214. The van der Waals surface area contributed by atoms with E-state index in [4.69, 9.17) is 12.2 Å². The van der Waals surface area contributed by atoms with Gasteiger partial charge in [-0.1, -0.05) is 18.3 Å². The van der Waals surface area contributed by atoms with Gasteiger partial charge in [0.25, 0.3) is 0 Å². The highest BCUT2D eigenvalue weighted by molar-refractivity contribution is 7.71. The molecular formula is C14H10N2OS2. The number of carbonyl (C=O) groups excluding carboxylic acids is 1. The molecule has 0 aromatic carbocycles. The highest BCUT2D eigenvalue weighted by atomic mass is 32.1. The fourth-order valence-electron chi connectivity index (χ4n) is 2.47. The second-order valence-corrected chi connectivity index (χ2v) is 5.78. The molecule has 0 amide bonds. The number of ketones is 1. The zero-order chi connectivity index (χ0) is 13.4. The molecule has 1 N–H and O–H groups in total. The maximum absolute atomic E-state index is 12.2. The first-order chi connectivity index (χ1) is 9.22. The van der Waals surface area contributed by atoms with Crippen LogP contribution < -0.4 is 0 Å². The lowest BCUT2D eigenvalue weighted by Gasteiger charge is -2.18. The van der Waals surface area contributed by atoms with Crippen molar-refractivity contribution in [3.8, 4) is 16.5 Å². The average Bonchev–Trinajstić information content (AvgIpc) is 2.91. The third-order valence-corrected chi connectivity index (χ3v) is 4.48. The molecule has 2 aromatic rings. The van der Waals surface area contributed by atoms with Crippen molar-refractivity contribution in [2.45, 2.75) is 19.3 Å². The molecule has 0 radical (unpaired) electrons. The van der Waals surface area contributed by atoms with Gasteiger partial charge in [0, 0.05) is 28.1 Å². The van der Waals surface area contributed by atoms with Gasteiger partial charge in [-0.05, 0) is 24.3 Å². The van der Waals surface area contributed by atoms with Crippen molar-refractivity contribution in [3.05, 3.63) is 39.0 Å². The van der Waals surface area contributed by atoms with Crippen LogP contribution in [0.2, 0.25) is 0 Å². The molecule has 0 unspecified atom stereocenters. The third-order valence-electron chi connectivity index (χ3n) is 3.28. The molecule has 0 bridgehead atoms. The number of hydrogen-bond acceptors (Lipinski definition) is 4. The summed E-state index contributed by atoms with van der Waals surface area (Å²) in [7, 11) is 0. The SMILES string of the molecule is N#Cc1c(-c2cccs2)c2c([nH]c1=S)CCCC2=O. The van der Waals surface area contributed by atoms with E-state index in [0.717, 1.165) is 29.0 Å². The Kier molecular flexibility index (Phi) is 3.05. The number of rotatable bonds is 1. The Labute approximate surface area is 119 Å². The molecule has 0 fully saturated rings. The molecule has 0 saturated heterocycles. The third kappa shape index (κ3) is 1.93. The zero-order valence-corrected chi connectivity index (χ0v) is 11.7. The number of thiophene rings is 1. The van der Waals surface area contributed by atoms with E-state index in [0.29, 0.717) is 22.2 Å². The normalized spacial score (nSPS) is 13.9. The minimum Gasteiger partial charge on any atom is -0.348 e. The van der Waals surface area contributed by atoms with E-state index in [1.165, 1.54) is 11.3 Å². The number of nitrogens with one attached hydrogen (secondary N) is 1. The number of aryl methyl sites for hydroxylation is 1. The number of hydrogen-bond donors (Lipinski definition) is 1. The Hall–Kier alpha value is -1.77. The summed E-state index contributed by atoms with van der Waals surface area (Å²) in [5.41, 5.74) is 2.68. The van der Waals surface area contributed by atoms with Gasteiger partial charge in [-0.15, -0.1) is 11.3 Å². The van der Waals surface area contributed by atoms with Crippen molar-refractivity contribution in [2.24, 2.45) is 0 Å². The Morgan fingerprint density at radius 1 is 1.37 bits per heavy atom. The van der Waals surface area contributed by atoms with Crippen LogP contribution in [0.1, 0.15) is 34.5 Å². The Balaban J connectivity index is 2.43. The molecule has 2 heterocycles. The maximum Gasteiger partial charge on any atom is 0.165 e. The van der Waals surface area contributed by atoms with Gasteiger partial charge < -0.3 is 4.98 Å². The second kappa shape index (κ2) is 4.72. The number of pyridine rings is 1. The van der Waals surface area contributed by atoms with Gasteiger partial charge in [-0.2, -0.15) is 5.26 Å². The van der Waals surface area contributed by atoms with Crippen LogP contribution in [-0.4, -0.2) is 10.8 Å². The topological polar surface area (TPSA) is 56.6 Å². The van der Waals surface area contributed by atoms with E-state index in [2.05, 4.69) is 11.1 Å². The predicted octanol–water partition coefficient (Wildman–Crippen LogP) is 3.86. The van der Waals surface area contributed by atoms with E-state index in [1.54, 1.807) is 0 Å². The summed E-state index contributed by atoms with van der Waals surface area (Å²) >= 11 is 6.78. The van der Waals surface area contributed by atoms with Crippen LogP contribution in [0, 0.1) is 16.0 Å². The van der Waals surface area contributed by atoms with E-state index < -0.39 is 0 Å². The number of nitriles is 1. The highest BCUT2D eigenvalue weighted by Gasteiger charge is 2.25. The van der Waals surface area contributed by atoms with Crippen molar-refractivity contribution in [2.75, 3.05) is 0 Å². The number of aromatic amines is 1. The quantitative estimate of drug-likeness (QED) is 0.810. The Morgan fingerprint density at radius 2 is 2.21 bits per heavy atom. The first-order valence-electron chi connectivity index (χ1n) is 5.98. The Bertz CT molecular complexity index is 751. The van der Waals surface area contributed by atoms with Crippen molar-refractivity contribution in [1.29, 1.82) is 5.26 Å². The summed E-state index contributed by atoms with van der Waals surface area (Å²) in [6.07, 6.45) is 2.20. The van der Waals surface area contributed by atoms with E-state index in [1.807, 2.05) is 17.5 Å². The van der Waals surface area contributed by atoms with Crippen molar-refractivity contribution in [3.63, 3.8) is 0 Å². The summed E-state index contributed by atoms with van der Waals surface area (Å²) in [5.74, 6) is 0.104. The standard InChI is InChI=1S/C14H10N2OS2/c15-7-8-12(11-5-2-6-19-11)13-9(16-14(8)18)3-1-4-10(13)17/h2,5-6H,1,3-4H2,(H,16,18). The average molecular weight is 286 g/mol. The zero-order valence-electron chi connectivity index (χ0n) is 10.0. The van der Waals surface area contributed by atoms with Gasteiger partial charge in [0.1, 0.15) is 10.7 Å². The number of fused-ring (bicyclic) bond motifs is 1. The second-order valence-electron chi connectivity index (χ2n) is 4.42. The van der Waals surface area contributed by atoms with Crippen LogP contribution in [0.25, 0.3) is 10.4 Å². The maximum atomic E-state index is 12.2. The summed E-state index contributed by atoms with van der Waals surface area (Å²) in [6, 6.07) is 5.99. The van der Waals surface area contributed by atoms with Crippen LogP contribution in [0.4, 0.5) is 0 Å². The first kappa shape index (κ1) is 12.3. The largest absolute Gasteiger partial charge is 0.348 e. The molecule has 94 valence electrons. The van der Waals surface area contributed by atoms with Crippen LogP contribution >= 0.6 is 23.6 Å². The van der Waals surface area contributed by atoms with Crippen LogP contribution in [0.3, 0.4) is 0 Å². The molecule has 1 aliphatic carbocycles. The monoisotopic (exact) mass is 286 g/mol. The smallest absolute Gasteiger partial charge is 0.165 e. The number of carbonyl (C=O) groups is 1. The van der Waals surface area contributed by atoms with Crippen LogP contribution in [0.5, 0.6) is 0 Å². The number of aromatic nitrogens is 1. The van der Waals surface area contributed by atoms with Crippen LogP contribution in [0.15, 0.2) is 17.5 Å². The fourth-order valence-corrected chi connectivity index (χ4v) is 3.53. The molecule has 0 atom stereocenters. The van der Waals surface area contributed by atoms with Gasteiger partial charge in [0.05, 0.1) is 5.56 Å². The number of nitrogens with zero attached hydrogens (tertiary/aromatic N) is 1. The lowest BCUT2D eigenvalue weighted by molar-refractivity contribution is 0.0972. The summed E-state index contributed by atoms with van der Waals surface area (Å²) < 4.78 is 0.430. The molecular weight excluding hydrogens is 276 g/mol. The molecule has 3 rings (SSSR count). The molecule has 0 aliphatic heterocycles. The van der Waals surface area contributed by atoms with Gasteiger partial charge in [0.15, 0.2) is 5.78 Å². The molecule has 3 nitrogen and oxygen atoms in total. The summed E-state index contributed by atoms with van der Waals surface area (Å²) in [5, 5.41) is 11.3. The molecule has 2 aromatic heterocycles. The van der Waals surface area contributed by atoms with Gasteiger partial charge in [0.2, 0.25) is 0 Å². The van der Waals surface area contributed by atoms with Gasteiger partial charge in [-0.3, -0.25) is 4.79 Å². The minimum atomic E-state index is 0.104. The van der Waals surface area contributed by atoms with E-state index in [-0.39, 0.29) is 5.78 Å². The molecule has 5 heteroatoms. The Morgan fingerprint density at radius 3 is 2.89 bits per heavy atom. The first-order valence-corrected chi connectivity index (χ1v) is 7.27. The molecule has 1 aliphatic rings. The van der Waals surface area contributed by atoms with Gasteiger partial charge in [-0.25, -0.2) is 0 Å². The van der Waals surface area contributed by atoms with Crippen molar-refractivity contribution < 1.29 is 4.79 Å². The summed E-state index contributed by atoms with van der Waals surface area (Å²) in [6.45, 7) is 0. The van der Waals surface area contributed by atoms with Crippen LogP contribution in [-0.2, 0) is 6.42 Å². The minimum absolute atomic E-state index is 0.104. The molecule has 0 saturated carbocycles.